The monoisotopic (exact) mass is 260 g/mol. The molecule has 1 aromatic rings. The maximum absolute atomic E-state index is 13.2. The number of carbonyl (C=O) groups excluding carboxylic acids is 1. The molecule has 1 rings (SSSR count). The Kier molecular flexibility index (Phi) is 4.07. The molecule has 76 valence electrons. The Labute approximate surface area is 90.2 Å². The lowest BCUT2D eigenvalue weighted by atomic mass is 10.1. The molecule has 0 heterocycles. The second-order valence-corrected chi connectivity index (χ2v) is 3.37. The van der Waals surface area contributed by atoms with E-state index in [1.54, 1.807) is 12.1 Å². The normalized spacial score (nSPS) is 9.93. The van der Waals surface area contributed by atoms with Crippen molar-refractivity contribution in [2.24, 2.45) is 0 Å². The molecule has 0 aliphatic heterocycles. The van der Waals surface area contributed by atoms with Gasteiger partial charge in [-0.25, -0.2) is 4.39 Å². The van der Waals surface area contributed by atoms with Crippen molar-refractivity contribution in [1.29, 1.82) is 0 Å². The van der Waals surface area contributed by atoms with Crippen molar-refractivity contribution in [1.82, 2.24) is 0 Å². The number of methoxy groups -OCH3 is 1. The number of halogens is 2. The molecule has 0 aromatic heterocycles. The molecule has 2 nitrogen and oxygen atoms in total. The zero-order valence-corrected chi connectivity index (χ0v) is 9.30. The molecule has 0 radical (unpaired) electrons. The number of hydrogen-bond donors (Lipinski definition) is 0. The van der Waals surface area contributed by atoms with Gasteiger partial charge in [0.1, 0.15) is 5.82 Å². The molecular weight excluding hydrogens is 251 g/mol. The Hall–Kier alpha value is -0.900. The molecule has 0 N–H and O–H groups in total. The van der Waals surface area contributed by atoms with Crippen molar-refractivity contribution in [2.45, 2.75) is 11.8 Å². The summed E-state index contributed by atoms with van der Waals surface area (Å²) in [6.07, 6.45) is 0.107. The van der Waals surface area contributed by atoms with Gasteiger partial charge in [0.05, 0.1) is 13.5 Å². The summed E-state index contributed by atoms with van der Waals surface area (Å²) in [7, 11) is 1.31. The average Bonchev–Trinajstić information content (AvgIpc) is 2.18. The molecule has 0 fully saturated rings. The van der Waals surface area contributed by atoms with Gasteiger partial charge in [0, 0.05) is 5.33 Å². The summed E-state index contributed by atoms with van der Waals surface area (Å²) in [5.74, 6) is -0.667. The summed E-state index contributed by atoms with van der Waals surface area (Å²) in [5.41, 5.74) is 1.21. The fraction of sp³-hybridized carbons (Fsp3) is 0.300. The van der Waals surface area contributed by atoms with Crippen LogP contribution in [-0.4, -0.2) is 13.1 Å². The predicted octanol–water partition coefficient (Wildman–Crippen LogP) is 2.44. The molecule has 0 saturated heterocycles. The molecule has 0 bridgehead atoms. The lowest BCUT2D eigenvalue weighted by Crippen LogP contribution is -2.04. The molecule has 0 saturated carbocycles. The van der Waals surface area contributed by atoms with E-state index < -0.39 is 0 Å². The van der Waals surface area contributed by atoms with Crippen molar-refractivity contribution in [3.63, 3.8) is 0 Å². The summed E-state index contributed by atoms with van der Waals surface area (Å²) < 4.78 is 17.7. The van der Waals surface area contributed by atoms with E-state index >= 15 is 0 Å². The van der Waals surface area contributed by atoms with Gasteiger partial charge in [-0.3, -0.25) is 4.79 Å². The van der Waals surface area contributed by atoms with Crippen LogP contribution in [0.25, 0.3) is 0 Å². The zero-order valence-electron chi connectivity index (χ0n) is 7.72. The first-order valence-electron chi connectivity index (χ1n) is 4.07. The molecule has 0 aliphatic carbocycles. The predicted molar refractivity (Wildman–Crippen MR) is 54.8 cm³/mol. The van der Waals surface area contributed by atoms with E-state index in [0.717, 1.165) is 0 Å². The Balaban J connectivity index is 2.81. The number of ether oxygens (including phenoxy) is 1. The van der Waals surface area contributed by atoms with E-state index in [2.05, 4.69) is 20.7 Å². The summed E-state index contributed by atoms with van der Waals surface area (Å²) in [6.45, 7) is 0. The summed E-state index contributed by atoms with van der Waals surface area (Å²) >= 11 is 3.17. The van der Waals surface area contributed by atoms with Crippen LogP contribution >= 0.6 is 15.9 Å². The lowest BCUT2D eigenvalue weighted by molar-refractivity contribution is -0.139. The van der Waals surface area contributed by atoms with Crippen LogP contribution < -0.4 is 0 Å². The first-order chi connectivity index (χ1) is 6.67. The van der Waals surface area contributed by atoms with Crippen molar-refractivity contribution >= 4 is 21.9 Å². The molecule has 0 spiro atoms. The van der Waals surface area contributed by atoms with Crippen LogP contribution in [0.3, 0.4) is 0 Å². The van der Waals surface area contributed by atoms with E-state index in [4.69, 9.17) is 0 Å². The maximum Gasteiger partial charge on any atom is 0.309 e. The van der Waals surface area contributed by atoms with Gasteiger partial charge >= 0.3 is 5.97 Å². The van der Waals surface area contributed by atoms with E-state index in [9.17, 15) is 9.18 Å². The van der Waals surface area contributed by atoms with Crippen molar-refractivity contribution in [3.05, 3.63) is 35.1 Å². The Morgan fingerprint density at radius 3 is 2.79 bits per heavy atom. The van der Waals surface area contributed by atoms with Gasteiger partial charge in [-0.1, -0.05) is 28.1 Å². The quantitative estimate of drug-likeness (QED) is 0.617. The SMILES string of the molecule is COC(=O)Cc1ccc(CBr)c(F)c1. The highest BCUT2D eigenvalue weighted by Crippen LogP contribution is 2.14. The fourth-order valence-corrected chi connectivity index (χ4v) is 1.50. The maximum atomic E-state index is 13.2. The third-order valence-electron chi connectivity index (χ3n) is 1.84. The summed E-state index contributed by atoms with van der Waals surface area (Å²) in [6, 6.07) is 4.73. The van der Waals surface area contributed by atoms with Crippen molar-refractivity contribution < 1.29 is 13.9 Å². The number of esters is 1. The topological polar surface area (TPSA) is 26.3 Å². The molecule has 0 amide bonds. The van der Waals surface area contributed by atoms with Crippen LogP contribution in [0.4, 0.5) is 4.39 Å². The van der Waals surface area contributed by atoms with Gasteiger partial charge in [-0.15, -0.1) is 0 Å². The van der Waals surface area contributed by atoms with Crippen LogP contribution in [0.2, 0.25) is 0 Å². The zero-order chi connectivity index (χ0) is 10.6. The Morgan fingerprint density at radius 2 is 2.29 bits per heavy atom. The van der Waals surface area contributed by atoms with Gasteiger partial charge in [-0.05, 0) is 17.2 Å². The minimum absolute atomic E-state index is 0.107. The minimum atomic E-state index is -0.365. The van der Waals surface area contributed by atoms with Gasteiger partial charge in [0.15, 0.2) is 0 Å². The molecule has 0 atom stereocenters. The largest absolute Gasteiger partial charge is 0.469 e. The number of benzene rings is 1. The third kappa shape index (κ3) is 2.80. The highest BCUT2D eigenvalue weighted by Gasteiger charge is 2.06. The number of rotatable bonds is 3. The smallest absolute Gasteiger partial charge is 0.309 e. The van der Waals surface area contributed by atoms with Crippen LogP contribution in [0.5, 0.6) is 0 Å². The molecule has 1 aromatic carbocycles. The highest BCUT2D eigenvalue weighted by atomic mass is 79.9. The van der Waals surface area contributed by atoms with E-state index in [1.807, 2.05) is 0 Å². The Morgan fingerprint density at radius 1 is 1.57 bits per heavy atom. The van der Waals surface area contributed by atoms with Crippen LogP contribution in [0.1, 0.15) is 11.1 Å². The first kappa shape index (κ1) is 11.2. The third-order valence-corrected chi connectivity index (χ3v) is 2.44. The molecule has 0 unspecified atom stereocenters. The summed E-state index contributed by atoms with van der Waals surface area (Å²) in [5, 5.41) is 0.470. The van der Waals surface area contributed by atoms with Gasteiger partial charge < -0.3 is 4.74 Å². The lowest BCUT2D eigenvalue weighted by Gasteiger charge is -2.02. The number of hydrogen-bond acceptors (Lipinski definition) is 2. The van der Waals surface area contributed by atoms with Crippen LogP contribution in [-0.2, 0) is 21.3 Å². The standard InChI is InChI=1S/C10H10BrFO2/c1-14-10(13)5-7-2-3-8(6-11)9(12)4-7/h2-4H,5-6H2,1H3. The second kappa shape index (κ2) is 5.10. The van der Waals surface area contributed by atoms with Gasteiger partial charge in [0.25, 0.3) is 0 Å². The van der Waals surface area contributed by atoms with E-state index in [-0.39, 0.29) is 18.2 Å². The van der Waals surface area contributed by atoms with Crippen molar-refractivity contribution in [3.8, 4) is 0 Å². The highest BCUT2D eigenvalue weighted by molar-refractivity contribution is 9.08. The number of alkyl halides is 1. The van der Waals surface area contributed by atoms with E-state index in [1.165, 1.54) is 13.2 Å². The summed E-state index contributed by atoms with van der Waals surface area (Å²) in [4.78, 5) is 10.9. The average molecular weight is 261 g/mol. The Bertz CT molecular complexity index is 339. The number of carbonyl (C=O) groups is 1. The van der Waals surface area contributed by atoms with Crippen LogP contribution in [0.15, 0.2) is 18.2 Å². The van der Waals surface area contributed by atoms with Gasteiger partial charge in [-0.2, -0.15) is 0 Å². The van der Waals surface area contributed by atoms with E-state index in [0.29, 0.717) is 16.5 Å². The molecule has 0 aliphatic rings. The minimum Gasteiger partial charge on any atom is -0.469 e. The second-order valence-electron chi connectivity index (χ2n) is 2.81. The molecule has 14 heavy (non-hydrogen) atoms. The molecular formula is C10H10BrFO2. The first-order valence-corrected chi connectivity index (χ1v) is 5.19. The van der Waals surface area contributed by atoms with Crippen LogP contribution in [0, 0.1) is 5.82 Å². The van der Waals surface area contributed by atoms with Crippen molar-refractivity contribution in [2.75, 3.05) is 7.11 Å². The fourth-order valence-electron chi connectivity index (χ4n) is 1.05. The van der Waals surface area contributed by atoms with Gasteiger partial charge in [0.2, 0.25) is 0 Å². The molecule has 4 heteroatoms.